The van der Waals surface area contributed by atoms with E-state index < -0.39 is 5.54 Å². The molecule has 31 heavy (non-hydrogen) atoms. The maximum atomic E-state index is 13.8. The highest BCUT2D eigenvalue weighted by atomic mass is 32.2. The number of nitrogens with one attached hydrogen (secondary N) is 1. The van der Waals surface area contributed by atoms with Crippen LogP contribution >= 0.6 is 11.8 Å². The van der Waals surface area contributed by atoms with Gasteiger partial charge in [0.05, 0.1) is 6.54 Å². The second-order valence-corrected chi connectivity index (χ2v) is 9.61. The molecule has 0 unspecified atom stereocenters. The van der Waals surface area contributed by atoms with Gasteiger partial charge in [-0.1, -0.05) is 38.1 Å². The van der Waals surface area contributed by atoms with Crippen molar-refractivity contribution in [2.75, 3.05) is 17.7 Å². The molecule has 0 fully saturated rings. The molecule has 0 radical (unpaired) electrons. The maximum Gasteiger partial charge on any atom is 0.275 e. The maximum absolute atomic E-state index is 13.8. The normalized spacial score (nSPS) is 18.5. The first kappa shape index (κ1) is 21.5. The summed E-state index contributed by atoms with van der Waals surface area (Å²) in [7, 11) is 0. The highest BCUT2D eigenvalue weighted by Crippen LogP contribution is 2.36. The van der Waals surface area contributed by atoms with Crippen LogP contribution in [0.3, 0.4) is 0 Å². The van der Waals surface area contributed by atoms with E-state index in [1.807, 2.05) is 72.3 Å². The lowest BCUT2D eigenvalue weighted by Crippen LogP contribution is -2.64. The molecule has 1 aliphatic rings. The molecule has 1 N–H and O–H groups in total. The summed E-state index contributed by atoms with van der Waals surface area (Å²) in [5, 5.41) is 4.10. The largest absolute Gasteiger partial charge is 0.354 e. The summed E-state index contributed by atoms with van der Waals surface area (Å²) in [6.07, 6.45) is 2.91. The van der Waals surface area contributed by atoms with Crippen LogP contribution in [-0.2, 0) is 11.3 Å². The molecule has 0 spiro atoms. The van der Waals surface area contributed by atoms with Crippen LogP contribution in [0.1, 0.15) is 37.7 Å². The Labute approximate surface area is 187 Å². The van der Waals surface area contributed by atoms with Crippen molar-refractivity contribution in [3.63, 3.8) is 0 Å². The molecule has 162 valence electrons. The summed E-state index contributed by atoms with van der Waals surface area (Å²) in [4.78, 5) is 30.1. The van der Waals surface area contributed by atoms with E-state index in [9.17, 15) is 9.59 Å². The molecule has 1 atom stereocenters. The van der Waals surface area contributed by atoms with Crippen molar-refractivity contribution in [3.8, 4) is 0 Å². The quantitative estimate of drug-likeness (QED) is 0.558. The van der Waals surface area contributed by atoms with Gasteiger partial charge in [-0.05, 0) is 55.9 Å². The number of benzene rings is 2. The number of fused-ring (bicyclic) bond motifs is 3. The second-order valence-electron chi connectivity index (χ2n) is 8.73. The molecule has 1 aromatic heterocycles. The van der Waals surface area contributed by atoms with Gasteiger partial charge in [-0.2, -0.15) is 0 Å². The first-order valence-corrected chi connectivity index (χ1v) is 11.9. The molecule has 3 aromatic rings. The zero-order chi connectivity index (χ0) is 22.2. The van der Waals surface area contributed by atoms with Crippen LogP contribution in [0.2, 0.25) is 0 Å². The number of nitrogens with zero attached hydrogens (tertiary/aromatic N) is 2. The SMILES string of the molecule is CSc1cccc(N2C(=O)c3cc4ccccc4n3C[C@@]2(C)C(=O)NCCC(C)C)c1. The molecule has 1 aliphatic heterocycles. The Morgan fingerprint density at radius 2 is 1.94 bits per heavy atom. The molecule has 2 aromatic carbocycles. The minimum Gasteiger partial charge on any atom is -0.354 e. The van der Waals surface area contributed by atoms with E-state index in [0.717, 1.165) is 27.9 Å². The first-order valence-electron chi connectivity index (χ1n) is 10.7. The summed E-state index contributed by atoms with van der Waals surface area (Å²) in [5.41, 5.74) is 1.29. The topological polar surface area (TPSA) is 54.3 Å². The average Bonchev–Trinajstić information content (AvgIpc) is 3.12. The lowest BCUT2D eigenvalue weighted by Gasteiger charge is -2.44. The van der Waals surface area contributed by atoms with Crippen molar-refractivity contribution in [3.05, 3.63) is 60.3 Å². The first-order chi connectivity index (χ1) is 14.8. The van der Waals surface area contributed by atoms with Crippen molar-refractivity contribution >= 4 is 40.2 Å². The van der Waals surface area contributed by atoms with E-state index in [1.165, 1.54) is 0 Å². The zero-order valence-corrected chi connectivity index (χ0v) is 19.3. The summed E-state index contributed by atoms with van der Waals surface area (Å²) >= 11 is 1.62. The lowest BCUT2D eigenvalue weighted by atomic mass is 9.93. The predicted molar refractivity (Wildman–Crippen MR) is 128 cm³/mol. The molecular formula is C25H29N3O2S. The number of carbonyl (C=O) groups excluding carboxylic acids is 2. The fourth-order valence-corrected chi connectivity index (χ4v) is 4.72. The smallest absolute Gasteiger partial charge is 0.275 e. The number of carbonyl (C=O) groups is 2. The molecule has 0 aliphatic carbocycles. The molecule has 6 heteroatoms. The Morgan fingerprint density at radius 1 is 1.16 bits per heavy atom. The molecule has 0 bridgehead atoms. The average molecular weight is 436 g/mol. The van der Waals surface area contributed by atoms with Gasteiger partial charge in [0, 0.05) is 28.0 Å². The van der Waals surface area contributed by atoms with E-state index in [1.54, 1.807) is 16.7 Å². The van der Waals surface area contributed by atoms with Gasteiger partial charge in [-0.25, -0.2) is 0 Å². The van der Waals surface area contributed by atoms with Crippen molar-refractivity contribution in [2.45, 2.75) is 44.2 Å². The van der Waals surface area contributed by atoms with Gasteiger partial charge in [0.25, 0.3) is 5.91 Å². The number of anilines is 1. The Bertz CT molecular complexity index is 1140. The van der Waals surface area contributed by atoms with Crippen LogP contribution in [0.15, 0.2) is 59.5 Å². The lowest BCUT2D eigenvalue weighted by molar-refractivity contribution is -0.126. The fourth-order valence-electron chi connectivity index (χ4n) is 4.27. The number of rotatable bonds is 6. The predicted octanol–water partition coefficient (Wildman–Crippen LogP) is 4.94. The number of thioether (sulfide) groups is 1. The molecular weight excluding hydrogens is 406 g/mol. The second kappa shape index (κ2) is 8.42. The van der Waals surface area contributed by atoms with Crippen molar-refractivity contribution in [1.82, 2.24) is 9.88 Å². The number of amides is 2. The molecule has 4 rings (SSSR count). The third kappa shape index (κ3) is 3.85. The van der Waals surface area contributed by atoms with Crippen molar-refractivity contribution in [2.24, 2.45) is 5.92 Å². The van der Waals surface area contributed by atoms with E-state index in [-0.39, 0.29) is 11.8 Å². The number of hydrogen-bond donors (Lipinski definition) is 1. The Morgan fingerprint density at radius 3 is 2.68 bits per heavy atom. The number of hydrogen-bond acceptors (Lipinski definition) is 3. The highest BCUT2D eigenvalue weighted by Gasteiger charge is 2.48. The van der Waals surface area contributed by atoms with E-state index >= 15 is 0 Å². The summed E-state index contributed by atoms with van der Waals surface area (Å²) in [6.45, 7) is 7.14. The van der Waals surface area contributed by atoms with Gasteiger partial charge in [0.2, 0.25) is 5.91 Å². The van der Waals surface area contributed by atoms with Gasteiger partial charge in [-0.3, -0.25) is 14.5 Å². The summed E-state index contributed by atoms with van der Waals surface area (Å²) in [6, 6.07) is 17.7. The standard InChI is InChI=1S/C25H29N3O2S/c1-17(2)12-13-26-24(30)25(3)16-27-21-11-6-5-8-18(21)14-22(27)23(29)28(25)19-9-7-10-20(15-19)31-4/h5-11,14-15,17H,12-13,16H2,1-4H3,(H,26,30)/t25-/m0/s1. The Kier molecular flexibility index (Phi) is 5.84. The minimum atomic E-state index is -1.04. The summed E-state index contributed by atoms with van der Waals surface area (Å²) < 4.78 is 1.99. The third-order valence-electron chi connectivity index (χ3n) is 6.00. The third-order valence-corrected chi connectivity index (χ3v) is 6.73. The van der Waals surface area contributed by atoms with Crippen molar-refractivity contribution < 1.29 is 9.59 Å². The molecule has 0 saturated heterocycles. The minimum absolute atomic E-state index is 0.125. The Balaban J connectivity index is 1.82. The number of para-hydroxylation sites is 1. The van der Waals surface area contributed by atoms with Gasteiger partial charge in [0.1, 0.15) is 11.2 Å². The monoisotopic (exact) mass is 435 g/mol. The van der Waals surface area contributed by atoms with Crippen LogP contribution in [-0.4, -0.2) is 34.7 Å². The van der Waals surface area contributed by atoms with E-state index in [4.69, 9.17) is 0 Å². The molecule has 5 nitrogen and oxygen atoms in total. The fraction of sp³-hybridized carbons (Fsp3) is 0.360. The highest BCUT2D eigenvalue weighted by molar-refractivity contribution is 7.98. The Hall–Kier alpha value is -2.73. The van der Waals surface area contributed by atoms with Crippen LogP contribution in [0.25, 0.3) is 10.9 Å². The molecule has 2 amide bonds. The zero-order valence-electron chi connectivity index (χ0n) is 18.5. The van der Waals surface area contributed by atoms with Gasteiger partial charge >= 0.3 is 0 Å². The van der Waals surface area contributed by atoms with E-state index in [0.29, 0.717) is 24.7 Å². The van der Waals surface area contributed by atoms with Crippen LogP contribution in [0.4, 0.5) is 5.69 Å². The van der Waals surface area contributed by atoms with Crippen LogP contribution in [0, 0.1) is 5.92 Å². The van der Waals surface area contributed by atoms with Gasteiger partial charge in [-0.15, -0.1) is 11.8 Å². The molecule has 2 heterocycles. The van der Waals surface area contributed by atoms with E-state index in [2.05, 4.69) is 19.2 Å². The van der Waals surface area contributed by atoms with Crippen molar-refractivity contribution in [1.29, 1.82) is 0 Å². The van der Waals surface area contributed by atoms with Crippen LogP contribution < -0.4 is 10.2 Å². The van der Waals surface area contributed by atoms with Gasteiger partial charge in [0.15, 0.2) is 0 Å². The van der Waals surface area contributed by atoms with Crippen LogP contribution in [0.5, 0.6) is 0 Å². The number of aromatic nitrogens is 1. The van der Waals surface area contributed by atoms with Gasteiger partial charge < -0.3 is 9.88 Å². The molecule has 0 saturated carbocycles. The summed E-state index contributed by atoms with van der Waals surface area (Å²) in [5.74, 6) is 0.220.